The number of benzene rings is 16. The van der Waals surface area contributed by atoms with Crippen molar-refractivity contribution in [2.45, 2.75) is 18.8 Å². The highest BCUT2D eigenvalue weighted by Crippen LogP contribution is 2.60. The van der Waals surface area contributed by atoms with E-state index in [0.29, 0.717) is 0 Å². The molecule has 0 amide bonds. The van der Waals surface area contributed by atoms with Crippen LogP contribution in [-0.4, -0.2) is 13.5 Å². The Hall–Kier alpha value is -13.5. The van der Waals surface area contributed by atoms with E-state index in [0.717, 1.165) is 63.7 Å². The molecule has 0 fully saturated rings. The molecular formula is C99H65N5. The highest BCUT2D eigenvalue weighted by Gasteiger charge is 2.38. The smallest absolute Gasteiger partial charge is 0.0641 e. The van der Waals surface area contributed by atoms with E-state index in [4.69, 9.17) is 0 Å². The van der Waals surface area contributed by atoms with Crippen molar-refractivity contribution in [3.63, 3.8) is 0 Å². The van der Waals surface area contributed by atoms with Crippen LogP contribution < -0.4 is 9.80 Å². The van der Waals surface area contributed by atoms with Crippen LogP contribution in [0.5, 0.6) is 0 Å². The van der Waals surface area contributed by atoms with Crippen LogP contribution in [0.4, 0.5) is 34.1 Å². The number of hydrogen-bond acceptors (Lipinski definition) is 2. The van der Waals surface area contributed by atoms with Gasteiger partial charge in [-0.3, -0.25) is 0 Å². The predicted octanol–water partition coefficient (Wildman–Crippen LogP) is 26.7. The fourth-order valence-electron chi connectivity index (χ4n) is 18.4. The van der Waals surface area contributed by atoms with Gasteiger partial charge in [-0.05, 0) is 195 Å². The van der Waals surface area contributed by atoms with Crippen LogP contribution in [0.25, 0.3) is 149 Å². The minimum absolute atomic E-state index is 0.141. The van der Waals surface area contributed by atoms with Crippen LogP contribution >= 0.6 is 0 Å². The Morgan fingerprint density at radius 2 is 0.731 bits per heavy atom. The van der Waals surface area contributed by atoms with Gasteiger partial charge in [0.15, 0.2) is 0 Å². The summed E-state index contributed by atoms with van der Waals surface area (Å²) in [6.07, 6.45) is 1.94. The third-order valence-electron chi connectivity index (χ3n) is 22.8. The molecule has 0 radical (unpaired) electrons. The highest BCUT2D eigenvalue weighted by atomic mass is 15.2. The summed E-state index contributed by atoms with van der Waals surface area (Å²) >= 11 is 0. The van der Waals surface area contributed by atoms with E-state index >= 15 is 0 Å². The average molecular weight is 1320 g/mol. The second-order valence-corrected chi connectivity index (χ2v) is 28.1. The van der Waals surface area contributed by atoms with Crippen molar-refractivity contribution in [3.05, 3.63) is 381 Å². The molecule has 5 heteroatoms. The molecule has 4 aromatic heterocycles. The second kappa shape index (κ2) is 23.0. The minimum Gasteiger partial charge on any atom is -0.310 e. The first-order valence-electron chi connectivity index (χ1n) is 36.3. The molecule has 104 heavy (non-hydrogen) atoms. The van der Waals surface area contributed by atoms with Crippen LogP contribution in [0.3, 0.4) is 0 Å². The Morgan fingerprint density at radius 1 is 0.260 bits per heavy atom. The molecule has 22 rings (SSSR count). The van der Waals surface area contributed by atoms with Gasteiger partial charge in [-0.1, -0.05) is 249 Å². The van der Waals surface area contributed by atoms with Gasteiger partial charge in [0, 0.05) is 83.0 Å². The lowest BCUT2D eigenvalue weighted by Gasteiger charge is -2.30. The molecule has 5 nitrogen and oxygen atoms in total. The van der Waals surface area contributed by atoms with E-state index in [1.807, 2.05) is 0 Å². The van der Waals surface area contributed by atoms with Crippen molar-refractivity contribution in [1.29, 1.82) is 0 Å². The molecule has 0 spiro atoms. The summed E-state index contributed by atoms with van der Waals surface area (Å²) in [7, 11) is 0. The Kier molecular flexibility index (Phi) is 12.9. The maximum absolute atomic E-state index is 2.55. The summed E-state index contributed by atoms with van der Waals surface area (Å²) in [4.78, 5) is 5.09. The molecule has 0 aliphatic heterocycles. The van der Waals surface area contributed by atoms with E-state index in [1.54, 1.807) is 0 Å². The number of aryl methyl sites for hydroxylation is 1. The van der Waals surface area contributed by atoms with E-state index in [-0.39, 0.29) is 5.92 Å². The SMILES string of the molecule is c1ccc(-c2ccc(N(c3ccc4c(c3)c3ccccc3n4-c3ccccc3)c3ccc4c5c3-c3ccccc3CCC5c3c(-c5ccc(-n6c7ccccc7c7c(N(c8ccc(-c9ccccc9)cc8)c8ccc9c%10ccccc%10n%10c%11ccccc%11c8c9%10)cccc76)cc5)cccc3-4)cc2)cc1. The Balaban J connectivity index is 0.691. The number of hydrogen-bond donors (Lipinski definition) is 0. The third-order valence-corrected chi connectivity index (χ3v) is 22.8. The van der Waals surface area contributed by atoms with Gasteiger partial charge >= 0.3 is 0 Å². The van der Waals surface area contributed by atoms with E-state index in [2.05, 4.69) is 387 Å². The van der Waals surface area contributed by atoms with Crippen molar-refractivity contribution >= 4 is 116 Å². The van der Waals surface area contributed by atoms with E-state index in [9.17, 15) is 0 Å². The summed E-state index contributed by atoms with van der Waals surface area (Å²) in [5.74, 6) is 0.141. The van der Waals surface area contributed by atoms with Crippen molar-refractivity contribution in [3.8, 4) is 67.0 Å². The minimum atomic E-state index is 0.141. The van der Waals surface area contributed by atoms with Gasteiger partial charge in [0.25, 0.3) is 0 Å². The number of aromatic nitrogens is 3. The maximum Gasteiger partial charge on any atom is 0.0641 e. The molecule has 4 heterocycles. The summed E-state index contributed by atoms with van der Waals surface area (Å²) in [5, 5.41) is 9.83. The molecule has 0 saturated carbocycles. The van der Waals surface area contributed by atoms with Gasteiger partial charge in [-0.2, -0.15) is 0 Å². The van der Waals surface area contributed by atoms with Crippen LogP contribution in [0.15, 0.2) is 364 Å². The number of para-hydroxylation sites is 5. The lowest BCUT2D eigenvalue weighted by molar-refractivity contribution is 0.741. The predicted molar refractivity (Wildman–Crippen MR) is 436 cm³/mol. The van der Waals surface area contributed by atoms with Crippen LogP contribution in [0.2, 0.25) is 0 Å². The summed E-state index contributed by atoms with van der Waals surface area (Å²) in [6.45, 7) is 0. The lowest BCUT2D eigenvalue weighted by Crippen LogP contribution is -2.12. The number of anilines is 6. The van der Waals surface area contributed by atoms with Gasteiger partial charge < -0.3 is 23.3 Å². The van der Waals surface area contributed by atoms with Gasteiger partial charge in [-0.25, -0.2) is 0 Å². The Morgan fingerprint density at radius 3 is 1.44 bits per heavy atom. The fraction of sp³-hybridized carbons (Fsp3) is 0.0303. The molecule has 20 aromatic rings. The Bertz CT molecular complexity index is 6820. The standard InChI is InChI=1S/C99H65N5/c1-4-22-63(23-5-1)65-42-49-70(50-43-65)100(73-55-59-89-84(62-73)77-31-13-16-36-85(77)101(89)69-27-8-3-9-28-69)92-60-57-79-78-35-20-34-74(94(78)83-56-48-67-26-10-11-29-75(67)97(92)95(79)83)68-46-53-71(54-47-68)102-87-38-18-14-32-81(87)96-90(102)40-21-41-91(96)103(72-51-44-66(45-52-72)64-24-6-2-7-25-64)93-61-58-80-76-30-12-17-37-86(76)104-88-39-19-15-33-82(88)98(93)99(80)104/h1-47,49-55,57-62,83H,48,56H2. The quantitative estimate of drug-likeness (QED) is 0.129. The molecular weight excluding hydrogens is 1260 g/mol. The molecule has 0 N–H and O–H groups in total. The third kappa shape index (κ3) is 8.68. The zero-order valence-electron chi connectivity index (χ0n) is 56.9. The van der Waals surface area contributed by atoms with Gasteiger partial charge in [0.2, 0.25) is 0 Å². The zero-order chi connectivity index (χ0) is 68.1. The fourth-order valence-corrected chi connectivity index (χ4v) is 18.4. The van der Waals surface area contributed by atoms with Crippen molar-refractivity contribution in [1.82, 2.24) is 13.5 Å². The number of rotatable bonds is 11. The molecule has 486 valence electrons. The van der Waals surface area contributed by atoms with Crippen molar-refractivity contribution in [2.75, 3.05) is 9.80 Å². The molecule has 0 saturated heterocycles. The topological polar surface area (TPSA) is 20.8 Å². The monoisotopic (exact) mass is 1320 g/mol. The number of fused-ring (bicyclic) bond motifs is 17. The number of nitrogens with zero attached hydrogens (tertiary/aromatic N) is 5. The molecule has 0 bridgehead atoms. The van der Waals surface area contributed by atoms with Crippen molar-refractivity contribution < 1.29 is 0 Å². The lowest BCUT2D eigenvalue weighted by atomic mass is 9.85. The molecule has 1 unspecified atom stereocenters. The van der Waals surface area contributed by atoms with Gasteiger partial charge in [-0.15, -0.1) is 0 Å². The maximum atomic E-state index is 2.55. The first-order chi connectivity index (χ1) is 51.6. The molecule has 2 aliphatic carbocycles. The molecule has 2 aliphatic rings. The van der Waals surface area contributed by atoms with E-state index in [1.165, 1.54) is 149 Å². The second-order valence-electron chi connectivity index (χ2n) is 28.1. The Labute approximate surface area is 601 Å². The van der Waals surface area contributed by atoms with E-state index < -0.39 is 0 Å². The molecule has 16 aromatic carbocycles. The summed E-state index contributed by atoms with van der Waals surface area (Å²) in [5.41, 5.74) is 34.1. The first-order valence-corrected chi connectivity index (χ1v) is 36.3. The summed E-state index contributed by atoms with van der Waals surface area (Å²) in [6, 6.07) is 136. The van der Waals surface area contributed by atoms with Crippen molar-refractivity contribution in [2.24, 2.45) is 0 Å². The van der Waals surface area contributed by atoms with Gasteiger partial charge in [0.05, 0.1) is 55.7 Å². The zero-order valence-corrected chi connectivity index (χ0v) is 56.9. The highest BCUT2D eigenvalue weighted by molar-refractivity contribution is 6.28. The van der Waals surface area contributed by atoms with Crippen LogP contribution in [0, 0.1) is 0 Å². The summed E-state index contributed by atoms with van der Waals surface area (Å²) < 4.78 is 7.40. The normalized spacial score (nSPS) is 13.2. The van der Waals surface area contributed by atoms with Gasteiger partial charge in [0.1, 0.15) is 0 Å². The van der Waals surface area contributed by atoms with Crippen LogP contribution in [0.1, 0.15) is 29.0 Å². The first kappa shape index (κ1) is 58.3. The average Bonchev–Trinajstić information content (AvgIpc) is 1.55. The van der Waals surface area contributed by atoms with Crippen LogP contribution in [-0.2, 0) is 6.42 Å². The largest absolute Gasteiger partial charge is 0.310 e. The molecule has 1 atom stereocenters.